The van der Waals surface area contributed by atoms with Crippen LogP contribution in [0, 0.1) is 0 Å². The van der Waals surface area contributed by atoms with Gasteiger partial charge >= 0.3 is 12.1 Å². The molecule has 7 heteroatoms. The van der Waals surface area contributed by atoms with Crippen LogP contribution in [0.5, 0.6) is 0 Å². The predicted molar refractivity (Wildman–Crippen MR) is 54.4 cm³/mol. The van der Waals surface area contributed by atoms with Crippen LogP contribution in [0.1, 0.15) is 5.56 Å². The molecule has 2 N–H and O–H groups in total. The van der Waals surface area contributed by atoms with E-state index in [1.165, 1.54) is 18.2 Å². The number of esters is 1. The van der Waals surface area contributed by atoms with Crippen molar-refractivity contribution in [3.05, 3.63) is 35.9 Å². The zero-order valence-electron chi connectivity index (χ0n) is 9.31. The number of methoxy groups -OCH3 is 1. The Morgan fingerprint density at radius 1 is 1.28 bits per heavy atom. The van der Waals surface area contributed by atoms with Crippen molar-refractivity contribution < 1.29 is 32.9 Å². The van der Waals surface area contributed by atoms with Crippen molar-refractivity contribution in [3.8, 4) is 0 Å². The summed E-state index contributed by atoms with van der Waals surface area (Å²) in [7, 11) is 0.813. The maximum atomic E-state index is 12.9. The molecular formula is C11H11F3O4. The maximum absolute atomic E-state index is 12.9. The van der Waals surface area contributed by atoms with Gasteiger partial charge in [0.1, 0.15) is 0 Å². The number of rotatable bonds is 3. The lowest BCUT2D eigenvalue weighted by molar-refractivity contribution is -0.296. The summed E-state index contributed by atoms with van der Waals surface area (Å²) in [5, 5.41) is 19.1. The molecule has 0 saturated heterocycles. The molecule has 2 unspecified atom stereocenters. The Balaban J connectivity index is 3.33. The largest absolute Gasteiger partial charge is 0.467 e. The summed E-state index contributed by atoms with van der Waals surface area (Å²) in [6.45, 7) is 0. The lowest BCUT2D eigenvalue weighted by atomic mass is 9.87. The standard InChI is InChI=1S/C11H11F3O4/c1-18-9(16)8(15)10(17,11(12,13)14)7-5-3-2-4-6-7/h2-6,8,15,17H,1H3. The second-order valence-corrected chi connectivity index (χ2v) is 3.56. The number of carbonyl (C=O) groups excluding carboxylic acids is 1. The highest BCUT2D eigenvalue weighted by molar-refractivity contribution is 5.76. The molecule has 0 aliphatic heterocycles. The van der Waals surface area contributed by atoms with E-state index in [0.717, 1.165) is 19.2 Å². The molecule has 100 valence electrons. The Labute approximate surface area is 101 Å². The number of benzene rings is 1. The fraction of sp³-hybridized carbons (Fsp3) is 0.364. The molecule has 0 aliphatic rings. The summed E-state index contributed by atoms with van der Waals surface area (Å²) in [5.74, 6) is -1.57. The number of aliphatic hydroxyl groups is 2. The van der Waals surface area contributed by atoms with Crippen molar-refractivity contribution in [3.63, 3.8) is 0 Å². The summed E-state index contributed by atoms with van der Waals surface area (Å²) in [4.78, 5) is 11.0. The van der Waals surface area contributed by atoms with Crippen LogP contribution < -0.4 is 0 Å². The summed E-state index contributed by atoms with van der Waals surface area (Å²) in [6, 6.07) is 5.84. The van der Waals surface area contributed by atoms with E-state index < -0.39 is 29.4 Å². The Morgan fingerprint density at radius 2 is 1.78 bits per heavy atom. The molecule has 0 bridgehead atoms. The quantitative estimate of drug-likeness (QED) is 0.798. The van der Waals surface area contributed by atoms with E-state index in [9.17, 15) is 28.2 Å². The van der Waals surface area contributed by atoms with E-state index >= 15 is 0 Å². The molecule has 0 aromatic heterocycles. The zero-order chi connectivity index (χ0) is 14.0. The van der Waals surface area contributed by atoms with Crippen molar-refractivity contribution >= 4 is 5.97 Å². The average molecular weight is 264 g/mol. The maximum Gasteiger partial charge on any atom is 0.424 e. The van der Waals surface area contributed by atoms with E-state index in [2.05, 4.69) is 4.74 Å². The Bertz CT molecular complexity index is 418. The van der Waals surface area contributed by atoms with Crippen LogP contribution in [-0.4, -0.2) is 35.6 Å². The van der Waals surface area contributed by atoms with Crippen molar-refractivity contribution in [2.45, 2.75) is 17.9 Å². The molecule has 2 atom stereocenters. The second kappa shape index (κ2) is 4.95. The van der Waals surface area contributed by atoms with Crippen LogP contribution in [0.15, 0.2) is 30.3 Å². The third-order valence-electron chi connectivity index (χ3n) is 2.47. The molecule has 0 spiro atoms. The van der Waals surface area contributed by atoms with Gasteiger partial charge in [-0.2, -0.15) is 13.2 Å². The topological polar surface area (TPSA) is 66.8 Å². The van der Waals surface area contributed by atoms with Gasteiger partial charge in [0.05, 0.1) is 7.11 Å². The van der Waals surface area contributed by atoms with E-state index in [4.69, 9.17) is 0 Å². The lowest BCUT2D eigenvalue weighted by Gasteiger charge is -2.33. The van der Waals surface area contributed by atoms with Gasteiger partial charge in [0.25, 0.3) is 0 Å². The first kappa shape index (κ1) is 14.5. The third-order valence-corrected chi connectivity index (χ3v) is 2.47. The number of hydrogen-bond acceptors (Lipinski definition) is 4. The molecule has 0 fully saturated rings. The number of alkyl halides is 3. The van der Waals surface area contributed by atoms with Gasteiger partial charge in [-0.05, 0) is 5.56 Å². The predicted octanol–water partition coefficient (Wildman–Crippen LogP) is 0.970. The summed E-state index contributed by atoms with van der Waals surface area (Å²) < 4.78 is 42.8. The van der Waals surface area contributed by atoms with Crippen molar-refractivity contribution in [1.29, 1.82) is 0 Å². The van der Waals surface area contributed by atoms with E-state index in [1.807, 2.05) is 0 Å². The first-order valence-corrected chi connectivity index (χ1v) is 4.85. The minimum atomic E-state index is -5.23. The van der Waals surface area contributed by atoms with E-state index in [1.54, 1.807) is 0 Å². The van der Waals surface area contributed by atoms with Gasteiger partial charge in [0.15, 0.2) is 6.10 Å². The van der Waals surface area contributed by atoms with Gasteiger partial charge < -0.3 is 14.9 Å². The molecule has 0 amide bonds. The number of carbonyl (C=O) groups is 1. The highest BCUT2D eigenvalue weighted by Gasteiger charge is 2.62. The second-order valence-electron chi connectivity index (χ2n) is 3.56. The minimum Gasteiger partial charge on any atom is -0.467 e. The molecule has 0 radical (unpaired) electrons. The van der Waals surface area contributed by atoms with Crippen LogP contribution in [0.25, 0.3) is 0 Å². The summed E-state index contributed by atoms with van der Waals surface area (Å²) >= 11 is 0. The first-order valence-electron chi connectivity index (χ1n) is 4.85. The number of ether oxygens (including phenoxy) is 1. The molecule has 0 saturated carbocycles. The van der Waals surface area contributed by atoms with Crippen LogP contribution in [0.4, 0.5) is 13.2 Å². The fourth-order valence-electron chi connectivity index (χ4n) is 1.45. The molecule has 1 aromatic carbocycles. The molecule has 4 nitrogen and oxygen atoms in total. The van der Waals surface area contributed by atoms with Crippen LogP contribution in [0.2, 0.25) is 0 Å². The van der Waals surface area contributed by atoms with Gasteiger partial charge in [0.2, 0.25) is 5.60 Å². The average Bonchev–Trinajstić information content (AvgIpc) is 2.35. The van der Waals surface area contributed by atoms with Gasteiger partial charge in [-0.1, -0.05) is 30.3 Å². The SMILES string of the molecule is COC(=O)C(O)C(O)(c1ccccc1)C(F)(F)F. The molecular weight excluding hydrogens is 253 g/mol. The fourth-order valence-corrected chi connectivity index (χ4v) is 1.45. The molecule has 0 aliphatic carbocycles. The van der Waals surface area contributed by atoms with Gasteiger partial charge in [-0.3, -0.25) is 0 Å². The Hall–Kier alpha value is -1.60. The first-order chi connectivity index (χ1) is 8.25. The lowest BCUT2D eigenvalue weighted by Crippen LogP contribution is -2.55. The van der Waals surface area contributed by atoms with Gasteiger partial charge in [0, 0.05) is 0 Å². The number of halogens is 3. The van der Waals surface area contributed by atoms with Crippen LogP contribution in [-0.2, 0) is 15.1 Å². The third kappa shape index (κ3) is 2.32. The molecule has 1 aromatic rings. The molecule has 1 rings (SSSR count). The van der Waals surface area contributed by atoms with Gasteiger partial charge in [-0.15, -0.1) is 0 Å². The van der Waals surface area contributed by atoms with E-state index in [-0.39, 0.29) is 0 Å². The zero-order valence-corrected chi connectivity index (χ0v) is 9.31. The molecule has 0 heterocycles. The van der Waals surface area contributed by atoms with Crippen molar-refractivity contribution in [2.24, 2.45) is 0 Å². The van der Waals surface area contributed by atoms with Crippen LogP contribution >= 0.6 is 0 Å². The minimum absolute atomic E-state index is 0.643. The Kier molecular flexibility index (Phi) is 3.98. The normalized spacial score (nSPS) is 16.8. The summed E-state index contributed by atoms with van der Waals surface area (Å²) in [6.07, 6.45) is -7.99. The molecule has 18 heavy (non-hydrogen) atoms. The Morgan fingerprint density at radius 3 is 2.17 bits per heavy atom. The smallest absolute Gasteiger partial charge is 0.424 e. The van der Waals surface area contributed by atoms with Crippen molar-refractivity contribution in [1.82, 2.24) is 0 Å². The summed E-state index contributed by atoms with van der Waals surface area (Å²) in [5.41, 5.74) is -4.35. The van der Waals surface area contributed by atoms with Crippen molar-refractivity contribution in [2.75, 3.05) is 7.11 Å². The monoisotopic (exact) mass is 264 g/mol. The number of hydrogen-bond donors (Lipinski definition) is 2. The van der Waals surface area contributed by atoms with Gasteiger partial charge in [-0.25, -0.2) is 4.79 Å². The highest BCUT2D eigenvalue weighted by Crippen LogP contribution is 2.41. The van der Waals surface area contributed by atoms with E-state index in [0.29, 0.717) is 0 Å². The highest BCUT2D eigenvalue weighted by atomic mass is 19.4. The van der Waals surface area contributed by atoms with Crippen LogP contribution in [0.3, 0.4) is 0 Å². The number of aliphatic hydroxyl groups excluding tert-OH is 1.